The lowest BCUT2D eigenvalue weighted by Crippen LogP contribution is -1.92. The molecule has 3 aromatic rings. The molecule has 0 saturated heterocycles. The number of aromatic hydroxyl groups is 2. The summed E-state index contributed by atoms with van der Waals surface area (Å²) in [6.45, 7) is 16.8. The molecule has 3 rings (SSSR count). The van der Waals surface area contributed by atoms with Crippen LogP contribution >= 0.6 is 0 Å². The van der Waals surface area contributed by atoms with Gasteiger partial charge in [0.2, 0.25) is 0 Å². The van der Waals surface area contributed by atoms with Gasteiger partial charge >= 0.3 is 0 Å². The number of hydrogen-bond donors (Lipinski definition) is 2. The normalized spacial score (nSPS) is 11.1. The molecular weight excluding hydrogens is 454 g/mol. The van der Waals surface area contributed by atoms with E-state index in [-0.39, 0.29) is 0 Å². The zero-order valence-corrected chi connectivity index (χ0v) is 24.1. The third-order valence-corrected chi connectivity index (χ3v) is 5.55. The van der Waals surface area contributed by atoms with Gasteiger partial charge in [0.1, 0.15) is 11.5 Å². The molecule has 1 aromatic heterocycles. The molecule has 0 bridgehead atoms. The van der Waals surface area contributed by atoms with Crippen LogP contribution in [-0.2, 0) is 6.42 Å². The van der Waals surface area contributed by atoms with Gasteiger partial charge in [0.05, 0.1) is 0 Å². The van der Waals surface area contributed by atoms with Crippen molar-refractivity contribution >= 4 is 12.2 Å². The molecule has 0 radical (unpaired) electrons. The zero-order valence-electron chi connectivity index (χ0n) is 24.1. The first-order valence-electron chi connectivity index (χ1n) is 13.3. The maximum Gasteiger partial charge on any atom is 0.119 e. The van der Waals surface area contributed by atoms with Gasteiger partial charge in [-0.2, -0.15) is 0 Å². The van der Waals surface area contributed by atoms with Crippen molar-refractivity contribution in [1.29, 1.82) is 0 Å². The molecule has 0 spiro atoms. The van der Waals surface area contributed by atoms with Crippen molar-refractivity contribution < 1.29 is 10.2 Å². The van der Waals surface area contributed by atoms with E-state index in [1.807, 2.05) is 62.5 Å². The summed E-state index contributed by atoms with van der Waals surface area (Å²) in [5.41, 5.74) is 5.32. The quantitative estimate of drug-likeness (QED) is 0.339. The van der Waals surface area contributed by atoms with E-state index in [0.29, 0.717) is 23.3 Å². The van der Waals surface area contributed by atoms with Gasteiger partial charge in [-0.25, -0.2) is 0 Å². The fourth-order valence-corrected chi connectivity index (χ4v) is 3.08. The number of pyridine rings is 1. The lowest BCUT2D eigenvalue weighted by molar-refractivity contribution is 0.469. The fourth-order valence-electron chi connectivity index (χ4n) is 3.08. The van der Waals surface area contributed by atoms with E-state index >= 15 is 0 Å². The second kappa shape index (κ2) is 17.2. The van der Waals surface area contributed by atoms with Gasteiger partial charge in [0.15, 0.2) is 0 Å². The Kier molecular flexibility index (Phi) is 14.7. The summed E-state index contributed by atoms with van der Waals surface area (Å²) in [6.07, 6.45) is 14.3. The van der Waals surface area contributed by atoms with Crippen LogP contribution < -0.4 is 0 Å². The molecule has 0 atom stereocenters. The second-order valence-electron chi connectivity index (χ2n) is 10.6. The van der Waals surface area contributed by atoms with Gasteiger partial charge in [-0.1, -0.05) is 96.2 Å². The van der Waals surface area contributed by atoms with E-state index < -0.39 is 0 Å². The van der Waals surface area contributed by atoms with Crippen LogP contribution in [0.1, 0.15) is 75.8 Å². The molecular formula is C34H47NO2. The maximum atomic E-state index is 9.47. The summed E-state index contributed by atoms with van der Waals surface area (Å²) in [4.78, 5) is 4.01. The molecule has 2 aromatic carbocycles. The Balaban J connectivity index is 0.000000279. The SMILES string of the molecule is CC(C)/C=C/c1cccnc1.Cc1ccc(/C=C/C(C)C)cc1O.Cc1ccc(CCC(C)C)cc1O. The Morgan fingerprint density at radius 1 is 0.730 bits per heavy atom. The van der Waals surface area contributed by atoms with Crippen molar-refractivity contribution in [2.45, 2.75) is 68.2 Å². The van der Waals surface area contributed by atoms with Crippen LogP contribution in [0.4, 0.5) is 0 Å². The molecule has 0 aliphatic rings. The van der Waals surface area contributed by atoms with Crippen LogP contribution in [0.2, 0.25) is 0 Å². The van der Waals surface area contributed by atoms with Crippen LogP contribution in [0, 0.1) is 31.6 Å². The topological polar surface area (TPSA) is 53.4 Å². The summed E-state index contributed by atoms with van der Waals surface area (Å²) >= 11 is 0. The molecule has 200 valence electrons. The average Bonchev–Trinajstić information content (AvgIpc) is 2.85. The smallest absolute Gasteiger partial charge is 0.119 e. The molecule has 3 nitrogen and oxygen atoms in total. The number of aryl methyl sites for hydroxylation is 3. The highest BCUT2D eigenvalue weighted by molar-refractivity contribution is 5.53. The first-order chi connectivity index (χ1) is 17.5. The Morgan fingerprint density at radius 2 is 1.30 bits per heavy atom. The highest BCUT2D eigenvalue weighted by Gasteiger charge is 2.00. The predicted octanol–water partition coefficient (Wildman–Crippen LogP) is 9.41. The van der Waals surface area contributed by atoms with E-state index in [1.54, 1.807) is 12.3 Å². The third-order valence-electron chi connectivity index (χ3n) is 5.55. The van der Waals surface area contributed by atoms with Crippen LogP contribution in [0.3, 0.4) is 0 Å². The molecule has 0 aliphatic heterocycles. The summed E-state index contributed by atoms with van der Waals surface area (Å²) in [5, 5.41) is 18.9. The third kappa shape index (κ3) is 14.7. The molecule has 0 unspecified atom stereocenters. The molecule has 0 saturated carbocycles. The minimum atomic E-state index is 0.367. The zero-order chi connectivity index (χ0) is 27.8. The van der Waals surface area contributed by atoms with Crippen molar-refractivity contribution in [2.75, 3.05) is 0 Å². The molecule has 0 fully saturated rings. The summed E-state index contributed by atoms with van der Waals surface area (Å²) < 4.78 is 0. The van der Waals surface area contributed by atoms with Gasteiger partial charge in [-0.15, -0.1) is 0 Å². The van der Waals surface area contributed by atoms with Gasteiger partial charge in [0, 0.05) is 12.4 Å². The van der Waals surface area contributed by atoms with Crippen LogP contribution in [0.15, 0.2) is 73.1 Å². The molecule has 0 aliphatic carbocycles. The predicted molar refractivity (Wildman–Crippen MR) is 161 cm³/mol. The number of nitrogens with zero attached hydrogens (tertiary/aromatic N) is 1. The van der Waals surface area contributed by atoms with E-state index in [0.717, 1.165) is 29.0 Å². The summed E-state index contributed by atoms with van der Waals surface area (Å²) in [6, 6.07) is 15.7. The standard InChI is InChI=1S/C12H18O.C12H16O.C10H13N/c2*1-9(2)4-6-11-7-5-10(3)12(13)8-11;1-9(2)5-6-10-4-3-7-11-8-10/h5,7-9,13H,4,6H2,1-3H3;4-9,13H,1-3H3;3-9H,1-2H3/b;6-4+;6-5+. The number of rotatable bonds is 7. The second-order valence-corrected chi connectivity index (χ2v) is 10.6. The Bertz CT molecular complexity index is 1100. The molecule has 3 heteroatoms. The first-order valence-corrected chi connectivity index (χ1v) is 13.3. The minimum Gasteiger partial charge on any atom is -0.508 e. The number of aromatic nitrogens is 1. The van der Waals surface area contributed by atoms with Gasteiger partial charge in [-0.05, 0) is 90.5 Å². The van der Waals surface area contributed by atoms with Crippen LogP contribution in [0.25, 0.3) is 12.2 Å². The lowest BCUT2D eigenvalue weighted by atomic mass is 10.0. The van der Waals surface area contributed by atoms with E-state index in [4.69, 9.17) is 0 Å². The number of benzene rings is 2. The van der Waals surface area contributed by atoms with Crippen molar-refractivity contribution in [3.63, 3.8) is 0 Å². The lowest BCUT2D eigenvalue weighted by Gasteiger charge is -2.06. The number of hydrogen-bond acceptors (Lipinski definition) is 3. The van der Waals surface area contributed by atoms with Crippen LogP contribution in [-0.4, -0.2) is 15.2 Å². The van der Waals surface area contributed by atoms with E-state index in [2.05, 4.69) is 70.8 Å². The Labute approximate surface area is 225 Å². The van der Waals surface area contributed by atoms with Crippen molar-refractivity contribution in [1.82, 2.24) is 4.98 Å². The van der Waals surface area contributed by atoms with E-state index in [9.17, 15) is 10.2 Å². The number of phenols is 2. The first kappa shape index (κ1) is 31.7. The molecule has 2 N–H and O–H groups in total. The number of phenolic OH excluding ortho intramolecular Hbond substituents is 2. The summed E-state index contributed by atoms with van der Waals surface area (Å²) in [7, 11) is 0. The Morgan fingerprint density at radius 3 is 1.78 bits per heavy atom. The molecule has 0 amide bonds. The van der Waals surface area contributed by atoms with Crippen molar-refractivity contribution in [2.24, 2.45) is 17.8 Å². The van der Waals surface area contributed by atoms with Gasteiger partial charge in [-0.3, -0.25) is 4.98 Å². The highest BCUT2D eigenvalue weighted by atomic mass is 16.3. The van der Waals surface area contributed by atoms with Crippen LogP contribution in [0.5, 0.6) is 11.5 Å². The molecule has 1 heterocycles. The Hall–Kier alpha value is -3.33. The van der Waals surface area contributed by atoms with Gasteiger partial charge < -0.3 is 10.2 Å². The number of allylic oxidation sites excluding steroid dienone is 2. The monoisotopic (exact) mass is 501 g/mol. The largest absolute Gasteiger partial charge is 0.508 e. The fraction of sp³-hybridized carbons (Fsp3) is 0.382. The van der Waals surface area contributed by atoms with E-state index in [1.165, 1.54) is 17.5 Å². The average molecular weight is 502 g/mol. The minimum absolute atomic E-state index is 0.367. The van der Waals surface area contributed by atoms with Gasteiger partial charge in [0.25, 0.3) is 0 Å². The van der Waals surface area contributed by atoms with Crippen molar-refractivity contribution in [3.8, 4) is 11.5 Å². The molecule has 37 heavy (non-hydrogen) atoms. The highest BCUT2D eigenvalue weighted by Crippen LogP contribution is 2.20. The maximum absolute atomic E-state index is 9.47. The van der Waals surface area contributed by atoms with Crippen molar-refractivity contribution in [3.05, 3.63) is 101 Å². The summed E-state index contributed by atoms with van der Waals surface area (Å²) in [5.74, 6) is 2.66.